The summed E-state index contributed by atoms with van der Waals surface area (Å²) in [5.41, 5.74) is -0.0141. The number of amides is 1. The third-order valence-electron chi connectivity index (χ3n) is 2.76. The molecule has 1 aromatic carbocycles. The highest BCUT2D eigenvalue weighted by Gasteiger charge is 2.19. The number of nitrogens with one attached hydrogen (secondary N) is 1. The van der Waals surface area contributed by atoms with Crippen molar-refractivity contribution in [3.63, 3.8) is 0 Å². The molecule has 1 atom stereocenters. The Morgan fingerprint density at radius 3 is 2.50 bits per heavy atom. The molecular weight excluding hydrogens is 230 g/mol. The number of aliphatic hydroxyl groups is 1. The Hall–Kier alpha value is -1.55. The maximum atomic E-state index is 11.7. The molecule has 0 heterocycles. The van der Waals surface area contributed by atoms with Crippen molar-refractivity contribution in [2.45, 2.75) is 38.7 Å². The van der Waals surface area contributed by atoms with E-state index in [2.05, 4.69) is 5.32 Å². The molecule has 18 heavy (non-hydrogen) atoms. The Bertz CT molecular complexity index is 385. The summed E-state index contributed by atoms with van der Waals surface area (Å²) in [5.74, 6) is 0.0575. The lowest BCUT2D eigenvalue weighted by Crippen LogP contribution is -2.41. The van der Waals surface area contributed by atoms with E-state index in [1.54, 1.807) is 31.2 Å². The van der Waals surface area contributed by atoms with E-state index >= 15 is 0 Å². The molecule has 0 saturated heterocycles. The van der Waals surface area contributed by atoms with Crippen LogP contribution in [0.1, 0.15) is 32.3 Å². The standard InChI is InChI=1S/C14H21NO3/c1-3-8-14(2,18)10-15-13(17)9-11-4-6-12(16)7-5-11/h4-7,16,18H,3,8-10H2,1-2H3,(H,15,17). The molecule has 0 aliphatic carbocycles. The van der Waals surface area contributed by atoms with Gasteiger partial charge in [-0.25, -0.2) is 0 Å². The van der Waals surface area contributed by atoms with Crippen molar-refractivity contribution in [3.8, 4) is 5.75 Å². The molecule has 0 aliphatic rings. The zero-order valence-electron chi connectivity index (χ0n) is 10.9. The molecule has 1 rings (SSSR count). The van der Waals surface area contributed by atoms with Crippen LogP contribution < -0.4 is 5.32 Å². The molecule has 0 bridgehead atoms. The van der Waals surface area contributed by atoms with Crippen molar-refractivity contribution in [1.29, 1.82) is 0 Å². The number of rotatable bonds is 6. The fraction of sp³-hybridized carbons (Fsp3) is 0.500. The second kappa shape index (κ2) is 6.40. The van der Waals surface area contributed by atoms with Crippen molar-refractivity contribution in [3.05, 3.63) is 29.8 Å². The summed E-state index contributed by atoms with van der Waals surface area (Å²) in [5, 5.41) is 21.8. The minimum absolute atomic E-state index is 0.128. The molecule has 0 spiro atoms. The zero-order valence-corrected chi connectivity index (χ0v) is 10.9. The van der Waals surface area contributed by atoms with Crippen LogP contribution in [0.25, 0.3) is 0 Å². The summed E-state index contributed by atoms with van der Waals surface area (Å²) in [6.07, 6.45) is 1.79. The molecular formula is C14H21NO3. The minimum Gasteiger partial charge on any atom is -0.508 e. The molecule has 0 aromatic heterocycles. The van der Waals surface area contributed by atoms with Gasteiger partial charge in [-0.1, -0.05) is 25.5 Å². The monoisotopic (exact) mass is 251 g/mol. The van der Waals surface area contributed by atoms with E-state index < -0.39 is 5.60 Å². The summed E-state index contributed by atoms with van der Waals surface area (Å²) >= 11 is 0. The first kappa shape index (κ1) is 14.5. The van der Waals surface area contributed by atoms with E-state index in [4.69, 9.17) is 5.11 Å². The minimum atomic E-state index is -0.848. The van der Waals surface area contributed by atoms with Crippen LogP contribution in [0.3, 0.4) is 0 Å². The first-order valence-electron chi connectivity index (χ1n) is 6.20. The first-order valence-corrected chi connectivity index (χ1v) is 6.20. The van der Waals surface area contributed by atoms with Gasteiger partial charge in [-0.15, -0.1) is 0 Å². The van der Waals surface area contributed by atoms with Crippen molar-refractivity contribution >= 4 is 5.91 Å². The van der Waals surface area contributed by atoms with E-state index in [-0.39, 0.29) is 24.6 Å². The summed E-state index contributed by atoms with van der Waals surface area (Å²) in [6.45, 7) is 3.97. The predicted octanol–water partition coefficient (Wildman–Crippen LogP) is 1.60. The lowest BCUT2D eigenvalue weighted by molar-refractivity contribution is -0.121. The number of carbonyl (C=O) groups excluding carboxylic acids is 1. The topological polar surface area (TPSA) is 69.6 Å². The second-order valence-electron chi connectivity index (χ2n) is 4.87. The number of phenols is 1. The number of hydrogen-bond donors (Lipinski definition) is 3. The summed E-state index contributed by atoms with van der Waals surface area (Å²) in [6, 6.07) is 6.52. The van der Waals surface area contributed by atoms with E-state index in [0.29, 0.717) is 6.42 Å². The normalized spacial score (nSPS) is 13.9. The van der Waals surface area contributed by atoms with Gasteiger partial charge in [0.05, 0.1) is 12.0 Å². The van der Waals surface area contributed by atoms with Gasteiger partial charge in [-0.3, -0.25) is 4.79 Å². The van der Waals surface area contributed by atoms with Gasteiger partial charge in [0.2, 0.25) is 5.91 Å². The maximum Gasteiger partial charge on any atom is 0.224 e. The SMILES string of the molecule is CCCC(C)(O)CNC(=O)Cc1ccc(O)cc1. The molecule has 1 aromatic rings. The van der Waals surface area contributed by atoms with Gasteiger partial charge in [0.25, 0.3) is 0 Å². The lowest BCUT2D eigenvalue weighted by atomic mass is 10.0. The highest BCUT2D eigenvalue weighted by Crippen LogP contribution is 2.11. The molecule has 4 nitrogen and oxygen atoms in total. The largest absolute Gasteiger partial charge is 0.508 e. The average molecular weight is 251 g/mol. The van der Waals surface area contributed by atoms with Crippen molar-refractivity contribution in [1.82, 2.24) is 5.32 Å². The number of carbonyl (C=O) groups is 1. The fourth-order valence-corrected chi connectivity index (χ4v) is 1.78. The highest BCUT2D eigenvalue weighted by atomic mass is 16.3. The van der Waals surface area contributed by atoms with E-state index in [1.165, 1.54) is 0 Å². The number of hydrogen-bond acceptors (Lipinski definition) is 3. The molecule has 3 N–H and O–H groups in total. The third kappa shape index (κ3) is 5.19. The van der Waals surface area contributed by atoms with Crippen molar-refractivity contribution in [2.75, 3.05) is 6.54 Å². The molecule has 0 saturated carbocycles. The van der Waals surface area contributed by atoms with E-state index in [9.17, 15) is 9.90 Å². The van der Waals surface area contributed by atoms with Crippen LogP contribution in [0.2, 0.25) is 0 Å². The Labute approximate surface area is 108 Å². The van der Waals surface area contributed by atoms with Crippen LogP contribution in [0.15, 0.2) is 24.3 Å². The predicted molar refractivity (Wildman–Crippen MR) is 70.4 cm³/mol. The zero-order chi connectivity index (χ0) is 13.6. The van der Waals surface area contributed by atoms with Crippen LogP contribution in [0.5, 0.6) is 5.75 Å². The lowest BCUT2D eigenvalue weighted by Gasteiger charge is -2.22. The quantitative estimate of drug-likeness (QED) is 0.719. The Morgan fingerprint density at radius 2 is 1.94 bits per heavy atom. The Kier molecular flexibility index (Phi) is 5.16. The van der Waals surface area contributed by atoms with Crippen LogP contribution >= 0.6 is 0 Å². The number of phenolic OH excluding ortho intramolecular Hbond substituents is 1. The van der Waals surface area contributed by atoms with Crippen molar-refractivity contribution < 1.29 is 15.0 Å². The Morgan fingerprint density at radius 1 is 1.33 bits per heavy atom. The van der Waals surface area contributed by atoms with Gasteiger partial charge in [-0.05, 0) is 31.0 Å². The molecule has 1 unspecified atom stereocenters. The highest BCUT2D eigenvalue weighted by molar-refractivity contribution is 5.78. The smallest absolute Gasteiger partial charge is 0.224 e. The van der Waals surface area contributed by atoms with Crippen LogP contribution in [-0.2, 0) is 11.2 Å². The van der Waals surface area contributed by atoms with E-state index in [1.807, 2.05) is 6.92 Å². The summed E-state index contributed by atoms with van der Waals surface area (Å²) in [7, 11) is 0. The van der Waals surface area contributed by atoms with Gasteiger partial charge >= 0.3 is 0 Å². The number of benzene rings is 1. The van der Waals surface area contributed by atoms with Crippen LogP contribution in [0.4, 0.5) is 0 Å². The van der Waals surface area contributed by atoms with E-state index in [0.717, 1.165) is 12.0 Å². The molecule has 1 amide bonds. The molecule has 4 heteroatoms. The van der Waals surface area contributed by atoms with Crippen LogP contribution in [0, 0.1) is 0 Å². The molecule has 100 valence electrons. The maximum absolute atomic E-state index is 11.7. The average Bonchev–Trinajstić information content (AvgIpc) is 2.30. The van der Waals surface area contributed by atoms with Gasteiger partial charge in [0.1, 0.15) is 5.75 Å². The Balaban J connectivity index is 2.40. The van der Waals surface area contributed by atoms with Crippen LogP contribution in [-0.4, -0.2) is 28.3 Å². The fourth-order valence-electron chi connectivity index (χ4n) is 1.78. The van der Waals surface area contributed by atoms with Crippen molar-refractivity contribution in [2.24, 2.45) is 0 Å². The number of aromatic hydroxyl groups is 1. The molecule has 0 aliphatic heterocycles. The second-order valence-corrected chi connectivity index (χ2v) is 4.87. The molecule has 0 radical (unpaired) electrons. The summed E-state index contributed by atoms with van der Waals surface area (Å²) in [4.78, 5) is 11.7. The molecule has 0 fully saturated rings. The summed E-state index contributed by atoms with van der Waals surface area (Å²) < 4.78 is 0. The van der Waals surface area contributed by atoms with Gasteiger partial charge in [-0.2, -0.15) is 0 Å². The van der Waals surface area contributed by atoms with Gasteiger partial charge in [0.15, 0.2) is 0 Å². The van der Waals surface area contributed by atoms with Gasteiger partial charge < -0.3 is 15.5 Å². The first-order chi connectivity index (χ1) is 8.43. The third-order valence-corrected chi connectivity index (χ3v) is 2.76. The van der Waals surface area contributed by atoms with Gasteiger partial charge in [0, 0.05) is 6.54 Å².